The number of carbonyl (C=O) groups excluding carboxylic acids is 2. The zero-order valence-corrected chi connectivity index (χ0v) is 27.9. The van der Waals surface area contributed by atoms with E-state index in [0.29, 0.717) is 73.8 Å². The Labute approximate surface area is 276 Å². The third-order valence-corrected chi connectivity index (χ3v) is 10.3. The highest BCUT2D eigenvalue weighted by Crippen LogP contribution is 2.31. The van der Waals surface area contributed by atoms with Crippen molar-refractivity contribution in [2.24, 2.45) is 0 Å². The molecule has 13 nitrogen and oxygen atoms in total. The number of nitrogens with one attached hydrogen (secondary N) is 2. The molecule has 0 aliphatic carbocycles. The van der Waals surface area contributed by atoms with Crippen LogP contribution in [-0.4, -0.2) is 117 Å². The van der Waals surface area contributed by atoms with Gasteiger partial charge in [-0.1, -0.05) is 0 Å². The van der Waals surface area contributed by atoms with Crippen LogP contribution in [0.25, 0.3) is 11.4 Å². The van der Waals surface area contributed by atoms with E-state index in [1.165, 1.54) is 10.6 Å². The largest absolute Gasteiger partial charge is 0.378 e. The van der Waals surface area contributed by atoms with E-state index in [0.717, 1.165) is 42.9 Å². The van der Waals surface area contributed by atoms with Crippen molar-refractivity contribution < 1.29 is 22.7 Å². The maximum atomic E-state index is 13.0. The van der Waals surface area contributed by atoms with Crippen molar-refractivity contribution in [2.45, 2.75) is 31.8 Å². The van der Waals surface area contributed by atoms with E-state index in [-0.39, 0.29) is 12.5 Å². The van der Waals surface area contributed by atoms with Crippen molar-refractivity contribution >= 4 is 39.2 Å². The Balaban J connectivity index is 1.10. The lowest BCUT2D eigenvalue weighted by atomic mass is 10.0. The number of ether oxygens (including phenoxy) is 1. The molecule has 2 fully saturated rings. The van der Waals surface area contributed by atoms with Crippen LogP contribution < -0.4 is 15.5 Å². The monoisotopic (exact) mass is 662 g/mol. The third kappa shape index (κ3) is 7.73. The lowest BCUT2D eigenvalue weighted by Gasteiger charge is -2.35. The summed E-state index contributed by atoms with van der Waals surface area (Å²) in [7, 11) is 0.785. The average molecular weight is 663 g/mol. The number of amides is 3. The standard InChI is InChI=1S/C33H42N8O5S/c1-38(2)27-12-15-40(16-13-27)32(42)24-6-10-26(11-7-24)35-33(43)34-25-8-4-23(5-9-25)30-36-29-22-41(47(3,44)45)17-14-28(29)31(37-30)39-18-20-46-21-19-39/h4-11,27H,12-22H2,1-3H3,(H2,34,35,43). The number of morpholine rings is 1. The first-order chi connectivity index (χ1) is 22.5. The molecule has 0 spiro atoms. The van der Waals surface area contributed by atoms with E-state index < -0.39 is 16.1 Å². The molecule has 0 saturated carbocycles. The number of urea groups is 1. The normalized spacial score (nSPS) is 17.8. The molecule has 4 heterocycles. The highest BCUT2D eigenvalue weighted by Gasteiger charge is 2.30. The molecule has 47 heavy (non-hydrogen) atoms. The Morgan fingerprint density at radius 3 is 2.09 bits per heavy atom. The topological polar surface area (TPSA) is 140 Å². The van der Waals surface area contributed by atoms with Crippen molar-refractivity contribution in [3.63, 3.8) is 0 Å². The van der Waals surface area contributed by atoms with Crippen LogP contribution in [0.1, 0.15) is 34.5 Å². The minimum atomic E-state index is -3.36. The summed E-state index contributed by atoms with van der Waals surface area (Å²) in [6, 6.07) is 14.2. The molecular formula is C33H42N8O5S. The number of aromatic nitrogens is 2. The Morgan fingerprint density at radius 2 is 1.49 bits per heavy atom. The summed E-state index contributed by atoms with van der Waals surface area (Å²) in [5.74, 6) is 1.32. The summed E-state index contributed by atoms with van der Waals surface area (Å²) < 4.78 is 31.6. The number of sulfonamides is 1. The number of benzene rings is 2. The van der Waals surface area contributed by atoms with E-state index in [4.69, 9.17) is 14.7 Å². The predicted octanol–water partition coefficient (Wildman–Crippen LogP) is 3.11. The van der Waals surface area contributed by atoms with Gasteiger partial charge in [-0.2, -0.15) is 4.31 Å². The molecule has 0 unspecified atom stereocenters. The first-order valence-electron chi connectivity index (χ1n) is 16.0. The van der Waals surface area contributed by atoms with E-state index in [2.05, 4.69) is 34.5 Å². The second-order valence-electron chi connectivity index (χ2n) is 12.5. The molecule has 3 aliphatic heterocycles. The summed E-state index contributed by atoms with van der Waals surface area (Å²) >= 11 is 0. The van der Waals surface area contributed by atoms with Crippen molar-refractivity contribution in [2.75, 3.05) is 81.8 Å². The fraction of sp³-hybridized carbons (Fsp3) is 0.455. The van der Waals surface area contributed by atoms with Gasteiger partial charge in [0.15, 0.2) is 5.82 Å². The number of carbonyl (C=O) groups is 2. The molecule has 3 aliphatic rings. The van der Waals surface area contributed by atoms with Crippen LogP contribution in [0.3, 0.4) is 0 Å². The first-order valence-corrected chi connectivity index (χ1v) is 17.8. The van der Waals surface area contributed by atoms with Crippen LogP contribution >= 0.6 is 0 Å². The van der Waals surface area contributed by atoms with Crippen LogP contribution in [-0.2, 0) is 27.7 Å². The lowest BCUT2D eigenvalue weighted by Crippen LogP contribution is -2.44. The van der Waals surface area contributed by atoms with Gasteiger partial charge in [-0.15, -0.1) is 0 Å². The molecule has 0 radical (unpaired) electrons. The minimum absolute atomic E-state index is 0.00555. The zero-order valence-electron chi connectivity index (χ0n) is 27.1. The van der Waals surface area contributed by atoms with E-state index >= 15 is 0 Å². The average Bonchev–Trinajstić information content (AvgIpc) is 3.08. The van der Waals surface area contributed by atoms with E-state index in [1.54, 1.807) is 36.4 Å². The van der Waals surface area contributed by atoms with Crippen LogP contribution in [0.5, 0.6) is 0 Å². The van der Waals surface area contributed by atoms with Crippen LogP contribution in [0.4, 0.5) is 22.0 Å². The SMILES string of the molecule is CN(C)C1CCN(C(=O)c2ccc(NC(=O)Nc3ccc(-c4nc5c(c(N6CCOCC6)n4)CCN(S(C)(=O)=O)C5)cc3)cc2)CC1. The van der Waals surface area contributed by atoms with Gasteiger partial charge in [0.05, 0.1) is 31.7 Å². The second kappa shape index (κ2) is 13.9. The smallest absolute Gasteiger partial charge is 0.323 e. The molecule has 2 N–H and O–H groups in total. The summed E-state index contributed by atoms with van der Waals surface area (Å²) in [6.07, 6.45) is 3.68. The Hall–Kier alpha value is -4.11. The lowest BCUT2D eigenvalue weighted by molar-refractivity contribution is 0.0663. The van der Waals surface area contributed by atoms with Crippen molar-refractivity contribution in [3.05, 3.63) is 65.4 Å². The zero-order chi connectivity index (χ0) is 33.1. The molecule has 3 amide bonds. The predicted molar refractivity (Wildman–Crippen MR) is 181 cm³/mol. The Bertz CT molecular complexity index is 1700. The third-order valence-electron chi connectivity index (χ3n) is 9.06. The number of hydrogen-bond donors (Lipinski definition) is 2. The molecule has 2 aromatic carbocycles. The fourth-order valence-electron chi connectivity index (χ4n) is 6.30. The van der Waals surface area contributed by atoms with Gasteiger partial charge in [0.25, 0.3) is 5.91 Å². The van der Waals surface area contributed by atoms with Gasteiger partial charge >= 0.3 is 6.03 Å². The molecule has 0 atom stereocenters. The van der Waals surface area contributed by atoms with Crippen LogP contribution in [0.15, 0.2) is 48.5 Å². The van der Waals surface area contributed by atoms with Crippen LogP contribution in [0.2, 0.25) is 0 Å². The number of likely N-dealkylation sites (tertiary alicyclic amines) is 1. The number of nitrogens with zero attached hydrogens (tertiary/aromatic N) is 6. The Morgan fingerprint density at radius 1 is 0.872 bits per heavy atom. The maximum Gasteiger partial charge on any atom is 0.323 e. The van der Waals surface area contributed by atoms with Gasteiger partial charge in [0.2, 0.25) is 10.0 Å². The summed E-state index contributed by atoms with van der Waals surface area (Å²) in [6.45, 7) is 4.67. The molecular weight excluding hydrogens is 620 g/mol. The number of anilines is 3. The van der Waals surface area contributed by atoms with Gasteiger partial charge in [-0.3, -0.25) is 4.79 Å². The van der Waals surface area contributed by atoms with Gasteiger partial charge in [0.1, 0.15) is 5.82 Å². The highest BCUT2D eigenvalue weighted by molar-refractivity contribution is 7.88. The van der Waals surface area contributed by atoms with Crippen LogP contribution in [0, 0.1) is 0 Å². The maximum absolute atomic E-state index is 13.0. The molecule has 3 aromatic rings. The van der Waals surface area contributed by atoms with Crippen molar-refractivity contribution in [1.82, 2.24) is 24.1 Å². The van der Waals surface area contributed by atoms with Gasteiger partial charge in [-0.25, -0.2) is 23.2 Å². The summed E-state index contributed by atoms with van der Waals surface area (Å²) in [5, 5.41) is 5.66. The molecule has 1 aromatic heterocycles. The van der Waals surface area contributed by atoms with E-state index in [1.807, 2.05) is 17.0 Å². The first kappa shape index (κ1) is 32.8. The van der Waals surface area contributed by atoms with Gasteiger partial charge < -0.3 is 30.1 Å². The summed E-state index contributed by atoms with van der Waals surface area (Å²) in [4.78, 5) is 41.8. The van der Waals surface area contributed by atoms with Crippen molar-refractivity contribution in [1.29, 1.82) is 0 Å². The van der Waals surface area contributed by atoms with Crippen molar-refractivity contribution in [3.8, 4) is 11.4 Å². The van der Waals surface area contributed by atoms with Gasteiger partial charge in [-0.05, 0) is 81.9 Å². The van der Waals surface area contributed by atoms with Gasteiger partial charge in [0, 0.05) is 66.8 Å². The quantitative estimate of drug-likeness (QED) is 0.391. The molecule has 14 heteroatoms. The number of fused-ring (bicyclic) bond motifs is 1. The van der Waals surface area contributed by atoms with E-state index in [9.17, 15) is 18.0 Å². The second-order valence-corrected chi connectivity index (χ2v) is 14.4. The highest BCUT2D eigenvalue weighted by atomic mass is 32.2. The fourth-order valence-corrected chi connectivity index (χ4v) is 7.08. The molecule has 250 valence electrons. The summed E-state index contributed by atoms with van der Waals surface area (Å²) in [5.41, 5.74) is 4.18. The number of piperidine rings is 1. The number of rotatable bonds is 7. The Kier molecular flexibility index (Phi) is 9.73. The molecule has 6 rings (SSSR count). The number of hydrogen-bond acceptors (Lipinski definition) is 9. The molecule has 2 saturated heterocycles. The minimum Gasteiger partial charge on any atom is -0.378 e. The molecule has 0 bridgehead atoms.